The van der Waals surface area contributed by atoms with E-state index in [1.807, 2.05) is 6.92 Å². The lowest BCUT2D eigenvalue weighted by atomic mass is 9.92. The number of nitrogens with two attached hydrogens (primary N) is 1. The van der Waals surface area contributed by atoms with Gasteiger partial charge < -0.3 is 20.8 Å². The number of hydrogen-bond acceptors (Lipinski definition) is 6. The number of anilines is 1. The normalized spacial score (nSPS) is 15.9. The molecule has 0 bridgehead atoms. The summed E-state index contributed by atoms with van der Waals surface area (Å²) in [5.41, 5.74) is 6.87. The zero-order valence-electron chi connectivity index (χ0n) is 17.6. The fourth-order valence-corrected chi connectivity index (χ4v) is 3.99. The second-order valence-electron chi connectivity index (χ2n) is 7.93. The van der Waals surface area contributed by atoms with Crippen LogP contribution in [0.1, 0.15) is 65.2 Å². The smallest absolute Gasteiger partial charge is 0.327 e. The number of ether oxygens (including phenoxy) is 1. The number of nitrogen functional groups attached to an aromatic ring is 1. The molecule has 0 spiro atoms. The van der Waals surface area contributed by atoms with Gasteiger partial charge in [0.05, 0.1) is 6.10 Å². The SMILES string of the molecule is CCC[C@H](C)Oc1nc(N)c2[nH]c(=O)n(CCCCCC3CCNCC3)c2n1.Cl. The van der Waals surface area contributed by atoms with Crippen molar-refractivity contribution in [2.24, 2.45) is 5.92 Å². The molecule has 0 amide bonds. The lowest BCUT2D eigenvalue weighted by Gasteiger charge is -2.22. The highest BCUT2D eigenvalue weighted by molar-refractivity contribution is 5.85. The van der Waals surface area contributed by atoms with E-state index in [9.17, 15) is 4.79 Å². The number of unbranched alkanes of at least 4 members (excludes halogenated alkanes) is 2. The van der Waals surface area contributed by atoms with Crippen LogP contribution in [0.4, 0.5) is 5.82 Å². The molecule has 3 rings (SSSR count). The van der Waals surface area contributed by atoms with Gasteiger partial charge in [-0.3, -0.25) is 4.57 Å². The molecule has 0 radical (unpaired) electrons. The van der Waals surface area contributed by atoms with Crippen LogP contribution in [-0.2, 0) is 6.54 Å². The first-order valence-electron chi connectivity index (χ1n) is 10.7. The maximum absolute atomic E-state index is 12.4. The Bertz CT molecular complexity index is 815. The molecule has 3 heterocycles. The quantitative estimate of drug-likeness (QED) is 0.503. The Morgan fingerprint density at radius 1 is 1.24 bits per heavy atom. The Morgan fingerprint density at radius 3 is 2.72 bits per heavy atom. The van der Waals surface area contributed by atoms with E-state index in [0.29, 0.717) is 17.7 Å². The van der Waals surface area contributed by atoms with Gasteiger partial charge in [0.1, 0.15) is 5.52 Å². The van der Waals surface area contributed by atoms with Crippen LogP contribution in [0.3, 0.4) is 0 Å². The van der Waals surface area contributed by atoms with E-state index >= 15 is 0 Å². The third-order valence-corrected chi connectivity index (χ3v) is 5.58. The zero-order chi connectivity index (χ0) is 19.9. The second kappa shape index (κ2) is 11.4. The Morgan fingerprint density at radius 2 is 2.00 bits per heavy atom. The van der Waals surface area contributed by atoms with Gasteiger partial charge in [0.25, 0.3) is 0 Å². The van der Waals surface area contributed by atoms with Gasteiger partial charge in [-0.25, -0.2) is 4.79 Å². The molecule has 0 aliphatic carbocycles. The van der Waals surface area contributed by atoms with Crippen molar-refractivity contribution in [2.75, 3.05) is 18.8 Å². The van der Waals surface area contributed by atoms with E-state index in [2.05, 4.69) is 27.2 Å². The monoisotopic (exact) mass is 426 g/mol. The van der Waals surface area contributed by atoms with Crippen LogP contribution >= 0.6 is 12.4 Å². The number of aryl methyl sites for hydroxylation is 1. The number of imidazole rings is 1. The number of aromatic amines is 1. The van der Waals surface area contributed by atoms with Crippen molar-refractivity contribution in [2.45, 2.75) is 77.9 Å². The van der Waals surface area contributed by atoms with Crippen LogP contribution in [0.5, 0.6) is 6.01 Å². The molecule has 0 aromatic carbocycles. The van der Waals surface area contributed by atoms with Crippen LogP contribution in [0.15, 0.2) is 4.79 Å². The van der Waals surface area contributed by atoms with Crippen LogP contribution in [0, 0.1) is 5.92 Å². The Labute approximate surface area is 178 Å². The molecular formula is C20H35ClN6O2. The van der Waals surface area contributed by atoms with Crippen molar-refractivity contribution in [3.05, 3.63) is 10.5 Å². The zero-order valence-corrected chi connectivity index (χ0v) is 18.4. The first-order chi connectivity index (χ1) is 13.6. The molecule has 2 aromatic heterocycles. The number of fused-ring (bicyclic) bond motifs is 1. The molecule has 1 aliphatic heterocycles. The maximum atomic E-state index is 12.4. The number of halogens is 1. The Balaban J connectivity index is 0.00000300. The molecule has 4 N–H and O–H groups in total. The third kappa shape index (κ3) is 6.34. The van der Waals surface area contributed by atoms with Gasteiger partial charge in [-0.05, 0) is 51.6 Å². The molecule has 9 heteroatoms. The van der Waals surface area contributed by atoms with Crippen LogP contribution < -0.4 is 21.5 Å². The minimum atomic E-state index is -0.187. The van der Waals surface area contributed by atoms with E-state index in [1.165, 1.54) is 25.7 Å². The summed E-state index contributed by atoms with van der Waals surface area (Å²) in [6, 6.07) is 0.240. The molecule has 164 valence electrons. The van der Waals surface area contributed by atoms with Gasteiger partial charge in [-0.2, -0.15) is 9.97 Å². The fourth-order valence-electron chi connectivity index (χ4n) is 3.99. The van der Waals surface area contributed by atoms with E-state index < -0.39 is 0 Å². The molecule has 0 saturated carbocycles. The molecular weight excluding hydrogens is 392 g/mol. The van der Waals surface area contributed by atoms with Crippen molar-refractivity contribution in [3.8, 4) is 6.01 Å². The number of nitrogens with zero attached hydrogens (tertiary/aromatic N) is 3. The van der Waals surface area contributed by atoms with Crippen LogP contribution in [0.25, 0.3) is 11.2 Å². The largest absolute Gasteiger partial charge is 0.460 e. The first-order valence-corrected chi connectivity index (χ1v) is 10.7. The number of rotatable bonds is 10. The summed E-state index contributed by atoms with van der Waals surface area (Å²) in [7, 11) is 0. The summed E-state index contributed by atoms with van der Waals surface area (Å²) < 4.78 is 7.44. The van der Waals surface area contributed by atoms with E-state index in [0.717, 1.165) is 44.7 Å². The van der Waals surface area contributed by atoms with Crippen molar-refractivity contribution < 1.29 is 4.74 Å². The predicted octanol–water partition coefficient (Wildman–Crippen LogP) is 3.25. The van der Waals surface area contributed by atoms with Crippen molar-refractivity contribution in [3.63, 3.8) is 0 Å². The lowest BCUT2D eigenvalue weighted by Crippen LogP contribution is -2.27. The van der Waals surface area contributed by atoms with Crippen molar-refractivity contribution in [1.29, 1.82) is 0 Å². The van der Waals surface area contributed by atoms with Crippen LogP contribution in [-0.4, -0.2) is 38.7 Å². The summed E-state index contributed by atoms with van der Waals surface area (Å²) in [6.45, 7) is 7.02. The highest BCUT2D eigenvalue weighted by Gasteiger charge is 2.16. The number of aromatic nitrogens is 4. The second-order valence-corrected chi connectivity index (χ2v) is 7.93. The number of hydrogen-bond donors (Lipinski definition) is 3. The molecule has 2 aromatic rings. The summed E-state index contributed by atoms with van der Waals surface area (Å²) in [6.07, 6.45) is 9.08. The molecule has 29 heavy (non-hydrogen) atoms. The molecule has 1 fully saturated rings. The van der Waals surface area contributed by atoms with Crippen LogP contribution in [0.2, 0.25) is 0 Å². The summed E-state index contributed by atoms with van der Waals surface area (Å²) in [5, 5.41) is 3.41. The van der Waals surface area contributed by atoms with Gasteiger partial charge in [0.15, 0.2) is 11.5 Å². The maximum Gasteiger partial charge on any atom is 0.327 e. The van der Waals surface area contributed by atoms with Gasteiger partial charge in [0, 0.05) is 6.54 Å². The topological polar surface area (TPSA) is 111 Å². The van der Waals surface area contributed by atoms with Gasteiger partial charge in [0.2, 0.25) is 0 Å². The van der Waals surface area contributed by atoms with E-state index in [4.69, 9.17) is 10.5 Å². The number of nitrogens with one attached hydrogen (secondary N) is 2. The molecule has 1 aliphatic rings. The minimum Gasteiger partial charge on any atom is -0.460 e. The molecule has 0 unspecified atom stereocenters. The molecule has 1 saturated heterocycles. The highest BCUT2D eigenvalue weighted by atomic mass is 35.5. The first kappa shape index (κ1) is 23.5. The number of piperidine rings is 1. The molecule has 1 atom stereocenters. The van der Waals surface area contributed by atoms with Crippen molar-refractivity contribution in [1.82, 2.24) is 24.8 Å². The summed E-state index contributed by atoms with van der Waals surface area (Å²) in [5.74, 6) is 1.11. The summed E-state index contributed by atoms with van der Waals surface area (Å²) >= 11 is 0. The number of H-pyrrole nitrogens is 1. The van der Waals surface area contributed by atoms with E-state index in [-0.39, 0.29) is 36.0 Å². The summed E-state index contributed by atoms with van der Waals surface area (Å²) in [4.78, 5) is 23.8. The van der Waals surface area contributed by atoms with E-state index in [1.54, 1.807) is 4.57 Å². The van der Waals surface area contributed by atoms with Gasteiger partial charge >= 0.3 is 11.7 Å². The fraction of sp³-hybridized carbons (Fsp3) is 0.750. The van der Waals surface area contributed by atoms with Gasteiger partial charge in [-0.1, -0.05) is 32.6 Å². The highest BCUT2D eigenvalue weighted by Crippen LogP contribution is 2.21. The Hall–Kier alpha value is -1.80. The standard InChI is InChI=1S/C20H34N6O2.ClH/c1-3-7-14(2)28-19-24-17(21)16-18(25-19)26(20(27)23-16)13-6-4-5-8-15-9-11-22-12-10-15;/h14-15,22H,3-13H2,1-2H3,(H,23,27)(H2,21,24,25);1H/t14-;/m0./s1. The predicted molar refractivity (Wildman–Crippen MR) is 119 cm³/mol. The van der Waals surface area contributed by atoms with Gasteiger partial charge in [-0.15, -0.1) is 12.4 Å². The average Bonchev–Trinajstić information content (AvgIpc) is 2.99. The minimum absolute atomic E-state index is 0. The average molecular weight is 427 g/mol. The molecule has 8 nitrogen and oxygen atoms in total. The third-order valence-electron chi connectivity index (χ3n) is 5.58. The van der Waals surface area contributed by atoms with Crippen molar-refractivity contribution >= 4 is 29.4 Å². The lowest BCUT2D eigenvalue weighted by molar-refractivity contribution is 0.193. The Kier molecular flexibility index (Phi) is 9.23.